The number of nitrogens with zero attached hydrogens (tertiary/aromatic N) is 1. The van der Waals surface area contributed by atoms with Crippen LogP contribution in [-0.2, 0) is 19.1 Å². The lowest BCUT2D eigenvalue weighted by atomic mass is 10.1. The maximum absolute atomic E-state index is 13.9. The summed E-state index contributed by atoms with van der Waals surface area (Å²) < 4.78 is 36.6. The highest BCUT2D eigenvalue weighted by atomic mass is 79.9. The van der Waals surface area contributed by atoms with E-state index in [0.717, 1.165) is 20.3 Å². The Kier molecular flexibility index (Phi) is 7.27. The average Bonchev–Trinajstić information content (AvgIpc) is 2.56. The zero-order chi connectivity index (χ0) is 19.3. The number of esters is 2. The number of rotatable bonds is 6. The predicted molar refractivity (Wildman–Crippen MR) is 87.1 cm³/mol. The highest BCUT2D eigenvalue weighted by molar-refractivity contribution is 9.10. The molecule has 8 nitrogen and oxygen atoms in total. The van der Waals surface area contributed by atoms with Gasteiger partial charge in [0.2, 0.25) is 0 Å². The van der Waals surface area contributed by atoms with E-state index in [2.05, 4.69) is 25.4 Å². The van der Waals surface area contributed by atoms with Crippen molar-refractivity contribution in [1.82, 2.24) is 5.01 Å². The van der Waals surface area contributed by atoms with Crippen LogP contribution in [0.4, 0.5) is 8.78 Å². The second kappa shape index (κ2) is 8.74. The third-order valence-corrected chi connectivity index (χ3v) is 3.60. The molecule has 0 bridgehead atoms. The van der Waals surface area contributed by atoms with E-state index in [1.165, 1.54) is 6.07 Å². The second-order valence-electron chi connectivity index (χ2n) is 4.80. The van der Waals surface area contributed by atoms with Gasteiger partial charge >= 0.3 is 11.9 Å². The molecule has 0 heterocycles. The first kappa shape index (κ1) is 20.8. The fraction of sp³-hybridized carbons (Fsp3) is 0.286. The predicted octanol–water partition coefficient (Wildman–Crippen LogP) is 0.419. The minimum absolute atomic E-state index is 0.191. The van der Waals surface area contributed by atoms with Crippen molar-refractivity contribution < 1.29 is 27.8 Å². The highest BCUT2D eigenvalue weighted by Gasteiger charge is 2.27. The van der Waals surface area contributed by atoms with Gasteiger partial charge in [-0.15, -0.1) is 0 Å². The van der Waals surface area contributed by atoms with E-state index in [0.29, 0.717) is 5.01 Å². The molecule has 1 aromatic carbocycles. The normalized spacial score (nSPS) is 12.9. The lowest BCUT2D eigenvalue weighted by Crippen LogP contribution is -2.42. The molecule has 11 heteroatoms. The molecule has 0 fully saturated rings. The molecule has 0 aromatic heterocycles. The Bertz CT molecular complexity index is 714. The molecule has 1 unspecified atom stereocenters. The zero-order valence-corrected chi connectivity index (χ0v) is 15.0. The van der Waals surface area contributed by atoms with Crippen LogP contribution in [0.2, 0.25) is 0 Å². The fourth-order valence-corrected chi connectivity index (χ4v) is 2.38. The Morgan fingerprint density at radius 3 is 2.32 bits per heavy atom. The number of ether oxygens (including phenoxy) is 2. The van der Waals surface area contributed by atoms with Crippen LogP contribution in [0.15, 0.2) is 28.0 Å². The van der Waals surface area contributed by atoms with E-state index in [9.17, 15) is 18.4 Å². The summed E-state index contributed by atoms with van der Waals surface area (Å²) in [5, 5.41) is 0.709. The molecule has 1 aromatic rings. The van der Waals surface area contributed by atoms with Crippen molar-refractivity contribution in [3.05, 3.63) is 45.2 Å². The Morgan fingerprint density at radius 1 is 1.24 bits per heavy atom. The Labute approximate surface area is 150 Å². The molecule has 0 radical (unpaired) electrons. The van der Waals surface area contributed by atoms with Gasteiger partial charge in [0.05, 0.1) is 26.8 Å². The molecule has 0 amide bonds. The Morgan fingerprint density at radius 2 is 1.80 bits per heavy atom. The number of hydrogen-bond donors (Lipinski definition) is 3. The third kappa shape index (κ3) is 4.87. The van der Waals surface area contributed by atoms with Crippen molar-refractivity contribution in [3.8, 4) is 0 Å². The fourth-order valence-electron chi connectivity index (χ4n) is 1.93. The maximum atomic E-state index is 13.9. The van der Waals surface area contributed by atoms with Crippen molar-refractivity contribution in [2.45, 2.75) is 6.04 Å². The summed E-state index contributed by atoms with van der Waals surface area (Å²) in [6, 6.07) is 1.05. The number of carbonyl (C=O) groups excluding carboxylic acids is 2. The van der Waals surface area contributed by atoms with Gasteiger partial charge in [0.15, 0.2) is 23.0 Å². The second-order valence-corrected chi connectivity index (χ2v) is 5.71. The minimum atomic E-state index is -1.16. The van der Waals surface area contributed by atoms with Crippen molar-refractivity contribution in [2.24, 2.45) is 17.3 Å². The van der Waals surface area contributed by atoms with Crippen LogP contribution in [0, 0.1) is 11.6 Å². The van der Waals surface area contributed by atoms with E-state index < -0.39 is 41.0 Å². The molecule has 25 heavy (non-hydrogen) atoms. The monoisotopic (exact) mass is 422 g/mol. The zero-order valence-electron chi connectivity index (χ0n) is 13.4. The van der Waals surface area contributed by atoms with E-state index in [1.807, 2.05) is 0 Å². The maximum Gasteiger partial charge on any atom is 0.358 e. The molecule has 6 N–H and O–H groups in total. The summed E-state index contributed by atoms with van der Waals surface area (Å²) in [5.74, 6) is 1.41. The average molecular weight is 423 g/mol. The molecule has 0 saturated carbocycles. The lowest BCUT2D eigenvalue weighted by molar-refractivity contribution is -0.141. The summed E-state index contributed by atoms with van der Waals surface area (Å²) in [7, 11) is 2.10. The Balaban J connectivity index is 3.18. The first-order valence-corrected chi connectivity index (χ1v) is 7.51. The van der Waals surface area contributed by atoms with Gasteiger partial charge in [-0.05, 0) is 12.1 Å². The van der Waals surface area contributed by atoms with Gasteiger partial charge in [0, 0.05) is 10.0 Å². The Hall–Kier alpha value is -2.24. The molecule has 138 valence electrons. The highest BCUT2D eigenvalue weighted by Crippen LogP contribution is 2.24. The molecule has 0 aliphatic carbocycles. The molecule has 0 aliphatic rings. The summed E-state index contributed by atoms with van der Waals surface area (Å²) in [6.07, 6.45) is 0. The SMILES string of the molecule is COC(=O)/C(N)=C(\C(=O)OC)N(N)CC(N)c1cc(Br)cc(F)c1F. The number of hydrogen-bond acceptors (Lipinski definition) is 8. The van der Waals surface area contributed by atoms with E-state index >= 15 is 0 Å². The van der Waals surface area contributed by atoms with Gasteiger partial charge in [0.1, 0.15) is 0 Å². The quantitative estimate of drug-likeness (QED) is 0.197. The van der Waals surface area contributed by atoms with Crippen LogP contribution in [0.25, 0.3) is 0 Å². The van der Waals surface area contributed by atoms with Gasteiger partial charge in [0.25, 0.3) is 0 Å². The van der Waals surface area contributed by atoms with E-state index in [4.69, 9.17) is 17.3 Å². The molecular weight excluding hydrogens is 406 g/mol. The minimum Gasteiger partial charge on any atom is -0.464 e. The lowest BCUT2D eigenvalue weighted by Gasteiger charge is -2.25. The third-order valence-electron chi connectivity index (χ3n) is 3.14. The van der Waals surface area contributed by atoms with Crippen LogP contribution in [-0.4, -0.2) is 37.7 Å². The van der Waals surface area contributed by atoms with Crippen molar-refractivity contribution >= 4 is 27.9 Å². The first-order valence-electron chi connectivity index (χ1n) is 6.72. The van der Waals surface area contributed by atoms with Crippen molar-refractivity contribution in [3.63, 3.8) is 0 Å². The van der Waals surface area contributed by atoms with E-state index in [1.54, 1.807) is 0 Å². The summed E-state index contributed by atoms with van der Waals surface area (Å²) in [6.45, 7) is -0.380. The van der Waals surface area contributed by atoms with Gasteiger partial charge in [-0.2, -0.15) is 0 Å². The van der Waals surface area contributed by atoms with Crippen molar-refractivity contribution in [2.75, 3.05) is 20.8 Å². The number of benzene rings is 1. The summed E-state index contributed by atoms with van der Waals surface area (Å²) in [5.41, 5.74) is 10.0. The number of methoxy groups -OCH3 is 2. The van der Waals surface area contributed by atoms with Gasteiger partial charge < -0.3 is 25.9 Å². The number of carbonyl (C=O) groups is 2. The smallest absolute Gasteiger partial charge is 0.358 e. The van der Waals surface area contributed by atoms with Crippen LogP contribution in [0.1, 0.15) is 11.6 Å². The van der Waals surface area contributed by atoms with Crippen LogP contribution < -0.4 is 17.3 Å². The van der Waals surface area contributed by atoms with Gasteiger partial charge in [-0.3, -0.25) is 0 Å². The number of nitrogens with two attached hydrogens (primary N) is 3. The molecule has 1 rings (SSSR count). The molecule has 0 saturated heterocycles. The molecular formula is C14H17BrF2N4O4. The van der Waals surface area contributed by atoms with Crippen LogP contribution >= 0.6 is 15.9 Å². The van der Waals surface area contributed by atoms with Gasteiger partial charge in [-0.25, -0.2) is 24.2 Å². The number of hydrazine groups is 1. The molecule has 1 atom stereocenters. The van der Waals surface area contributed by atoms with Gasteiger partial charge in [-0.1, -0.05) is 15.9 Å². The van der Waals surface area contributed by atoms with E-state index in [-0.39, 0.29) is 16.6 Å². The largest absolute Gasteiger partial charge is 0.464 e. The molecule has 0 aliphatic heterocycles. The standard InChI is InChI=1S/C14H17BrF2N4O4/c1-24-13(22)11(19)12(14(23)25-2)21(20)5-9(18)7-3-6(15)4-8(16)10(7)17/h3-4,9H,5,18-20H2,1-2H3/b12-11-. The van der Waals surface area contributed by atoms with Crippen LogP contribution in [0.3, 0.4) is 0 Å². The van der Waals surface area contributed by atoms with Crippen LogP contribution in [0.5, 0.6) is 0 Å². The van der Waals surface area contributed by atoms with Crippen molar-refractivity contribution in [1.29, 1.82) is 0 Å². The topological polar surface area (TPSA) is 134 Å². The number of halogens is 3. The molecule has 0 spiro atoms. The summed E-state index contributed by atoms with van der Waals surface area (Å²) in [4.78, 5) is 23.4. The first-order chi connectivity index (χ1) is 11.6. The summed E-state index contributed by atoms with van der Waals surface area (Å²) >= 11 is 3.02.